The molecule has 2 aromatic carbocycles. The Balaban J connectivity index is 1.58. The van der Waals surface area contributed by atoms with Crippen LogP contribution in [-0.4, -0.2) is 28.8 Å². The van der Waals surface area contributed by atoms with Gasteiger partial charge in [0, 0.05) is 36.9 Å². The number of amides is 1. The molecule has 0 unspecified atom stereocenters. The van der Waals surface area contributed by atoms with Crippen LogP contribution in [0.5, 0.6) is 0 Å². The Morgan fingerprint density at radius 3 is 2.39 bits per heavy atom. The van der Waals surface area contributed by atoms with Crippen LogP contribution in [0.2, 0.25) is 0 Å². The van der Waals surface area contributed by atoms with Crippen molar-refractivity contribution >= 4 is 16.7 Å². The van der Waals surface area contributed by atoms with Crippen molar-refractivity contribution in [1.82, 2.24) is 15.1 Å². The van der Waals surface area contributed by atoms with Crippen LogP contribution in [0.3, 0.4) is 0 Å². The highest BCUT2D eigenvalue weighted by Crippen LogP contribution is 2.15. The molecule has 1 amide bonds. The van der Waals surface area contributed by atoms with E-state index >= 15 is 0 Å². The number of quaternary nitrogens is 1. The number of nitrogens with zero attached hydrogens (tertiary/aromatic N) is 2. The summed E-state index contributed by atoms with van der Waals surface area (Å²) in [6, 6.07) is 15.5. The summed E-state index contributed by atoms with van der Waals surface area (Å²) in [5, 5.41) is 8.62. The summed E-state index contributed by atoms with van der Waals surface area (Å²) in [6.07, 6.45) is 2.58. The number of rotatable bonds is 7. The van der Waals surface area contributed by atoms with Crippen molar-refractivity contribution in [3.05, 3.63) is 75.7 Å². The van der Waals surface area contributed by atoms with E-state index in [0.29, 0.717) is 29.6 Å². The minimum absolute atomic E-state index is 0.153. The number of hydrogen-bond acceptors (Lipinski definition) is 3. The quantitative estimate of drug-likeness (QED) is 0.617. The molecule has 0 saturated carbocycles. The number of benzene rings is 2. The molecule has 0 aliphatic carbocycles. The van der Waals surface area contributed by atoms with Crippen LogP contribution >= 0.6 is 0 Å². The first kappa shape index (κ1) is 21.2. The van der Waals surface area contributed by atoms with Crippen LogP contribution in [0.25, 0.3) is 10.8 Å². The predicted molar refractivity (Wildman–Crippen MR) is 122 cm³/mol. The average Bonchev–Trinajstić information content (AvgIpc) is 3.28. The van der Waals surface area contributed by atoms with Gasteiger partial charge in [-0.15, -0.1) is 0 Å². The van der Waals surface area contributed by atoms with E-state index in [2.05, 4.69) is 28.6 Å². The molecule has 1 saturated heterocycles. The second-order valence-electron chi connectivity index (χ2n) is 8.86. The van der Waals surface area contributed by atoms with Gasteiger partial charge in [-0.1, -0.05) is 56.3 Å². The van der Waals surface area contributed by atoms with Gasteiger partial charge in [0.05, 0.1) is 18.5 Å². The van der Waals surface area contributed by atoms with E-state index in [1.165, 1.54) is 36.2 Å². The summed E-state index contributed by atoms with van der Waals surface area (Å²) in [6.45, 7) is 8.41. The number of carbonyl (C=O) groups is 1. The van der Waals surface area contributed by atoms with Gasteiger partial charge in [-0.05, 0) is 17.5 Å². The fourth-order valence-electron chi connectivity index (χ4n) is 4.36. The summed E-state index contributed by atoms with van der Waals surface area (Å²) >= 11 is 0. The summed E-state index contributed by atoms with van der Waals surface area (Å²) < 4.78 is 1.42. The molecule has 1 aliphatic heterocycles. The Bertz CT molecular complexity index is 1130. The van der Waals surface area contributed by atoms with Crippen LogP contribution in [0, 0.1) is 5.92 Å². The zero-order valence-corrected chi connectivity index (χ0v) is 18.4. The predicted octanol–water partition coefficient (Wildman–Crippen LogP) is 2.16. The van der Waals surface area contributed by atoms with Gasteiger partial charge in [0.1, 0.15) is 6.54 Å². The van der Waals surface area contributed by atoms with Gasteiger partial charge in [-0.25, -0.2) is 4.68 Å². The molecule has 3 aromatic rings. The maximum absolute atomic E-state index is 13.1. The minimum atomic E-state index is -0.253. The van der Waals surface area contributed by atoms with E-state index in [1.807, 2.05) is 32.0 Å². The highest BCUT2D eigenvalue weighted by Gasteiger charge is 2.19. The molecule has 1 aliphatic rings. The normalized spacial score (nSPS) is 14.4. The first-order chi connectivity index (χ1) is 15.0. The molecule has 4 rings (SSSR count). The molecule has 6 nitrogen and oxygen atoms in total. The Kier molecular flexibility index (Phi) is 6.47. The molecule has 31 heavy (non-hydrogen) atoms. The Hall–Kier alpha value is -2.99. The average molecular weight is 420 g/mol. The van der Waals surface area contributed by atoms with Gasteiger partial charge in [-0.3, -0.25) is 9.59 Å². The van der Waals surface area contributed by atoms with Gasteiger partial charge >= 0.3 is 0 Å². The maximum Gasteiger partial charge on any atom is 0.274 e. The lowest BCUT2D eigenvalue weighted by Crippen LogP contribution is -3.08. The van der Waals surface area contributed by atoms with Gasteiger partial charge in [0.25, 0.3) is 11.5 Å². The number of nitrogens with one attached hydrogen (secondary N) is 2. The Morgan fingerprint density at radius 2 is 1.68 bits per heavy atom. The lowest BCUT2D eigenvalue weighted by Gasteiger charge is -2.16. The third-order valence-corrected chi connectivity index (χ3v) is 5.93. The smallest absolute Gasteiger partial charge is 0.274 e. The number of aromatic nitrogens is 2. The number of likely N-dealkylation sites (tertiary alicyclic amines) is 1. The largest absolute Gasteiger partial charge is 0.347 e. The highest BCUT2D eigenvalue weighted by atomic mass is 16.2. The third-order valence-electron chi connectivity index (χ3n) is 5.93. The molecule has 0 bridgehead atoms. The maximum atomic E-state index is 13.1. The fraction of sp³-hybridized carbons (Fsp3) is 0.400. The molecular formula is C25H31N4O2+. The monoisotopic (exact) mass is 419 g/mol. The lowest BCUT2D eigenvalue weighted by molar-refractivity contribution is -0.901. The van der Waals surface area contributed by atoms with E-state index in [0.717, 1.165) is 12.1 Å². The zero-order valence-electron chi connectivity index (χ0n) is 18.4. The van der Waals surface area contributed by atoms with Crippen molar-refractivity contribution in [2.75, 3.05) is 13.1 Å². The molecule has 2 heterocycles. The van der Waals surface area contributed by atoms with Gasteiger partial charge < -0.3 is 10.2 Å². The minimum Gasteiger partial charge on any atom is -0.347 e. The molecule has 1 aromatic heterocycles. The van der Waals surface area contributed by atoms with Crippen molar-refractivity contribution in [1.29, 1.82) is 0 Å². The van der Waals surface area contributed by atoms with Crippen LogP contribution < -0.4 is 15.8 Å². The Labute approximate surface area is 182 Å². The second kappa shape index (κ2) is 9.43. The summed E-state index contributed by atoms with van der Waals surface area (Å²) in [5.41, 5.74) is 2.57. The molecule has 6 heteroatoms. The van der Waals surface area contributed by atoms with Crippen molar-refractivity contribution < 1.29 is 9.69 Å². The SMILES string of the molecule is CC(C)Cn1nc(C(=O)NCc2ccccc2C[NH+]2CCCC2)c2ccccc2c1=O. The van der Waals surface area contributed by atoms with Gasteiger partial charge in [0.2, 0.25) is 0 Å². The van der Waals surface area contributed by atoms with E-state index in [-0.39, 0.29) is 17.4 Å². The van der Waals surface area contributed by atoms with E-state index in [4.69, 9.17) is 0 Å². The van der Waals surface area contributed by atoms with Gasteiger partial charge in [0.15, 0.2) is 5.69 Å². The molecular weight excluding hydrogens is 388 g/mol. The summed E-state index contributed by atoms with van der Waals surface area (Å²) in [4.78, 5) is 27.5. The van der Waals surface area contributed by atoms with Crippen LogP contribution in [0.1, 0.15) is 48.3 Å². The van der Waals surface area contributed by atoms with E-state index in [9.17, 15) is 9.59 Å². The van der Waals surface area contributed by atoms with Crippen molar-refractivity contribution in [2.24, 2.45) is 5.92 Å². The van der Waals surface area contributed by atoms with E-state index in [1.54, 1.807) is 17.0 Å². The molecule has 0 atom stereocenters. The first-order valence-corrected chi connectivity index (χ1v) is 11.2. The van der Waals surface area contributed by atoms with Crippen LogP contribution in [-0.2, 0) is 19.6 Å². The molecule has 0 spiro atoms. The topological polar surface area (TPSA) is 68.4 Å². The van der Waals surface area contributed by atoms with E-state index < -0.39 is 0 Å². The van der Waals surface area contributed by atoms with Crippen molar-refractivity contribution in [2.45, 2.75) is 46.3 Å². The number of carbonyl (C=O) groups excluding carboxylic acids is 1. The number of hydrogen-bond donors (Lipinski definition) is 2. The third kappa shape index (κ3) is 4.85. The molecule has 162 valence electrons. The lowest BCUT2D eigenvalue weighted by atomic mass is 10.1. The molecule has 0 radical (unpaired) electrons. The fourth-order valence-corrected chi connectivity index (χ4v) is 4.36. The van der Waals surface area contributed by atoms with Crippen LogP contribution in [0.15, 0.2) is 53.3 Å². The Morgan fingerprint density at radius 1 is 1.03 bits per heavy atom. The van der Waals surface area contributed by atoms with Crippen LogP contribution in [0.4, 0.5) is 0 Å². The zero-order chi connectivity index (χ0) is 21.8. The molecule has 2 N–H and O–H groups in total. The van der Waals surface area contributed by atoms with Crippen molar-refractivity contribution in [3.63, 3.8) is 0 Å². The standard InChI is InChI=1S/C25H30N4O2/c1-18(2)16-29-25(31)22-12-6-5-11-21(22)23(27-29)24(30)26-15-19-9-3-4-10-20(19)17-28-13-7-8-14-28/h3-6,9-12,18H,7-8,13-17H2,1-2H3,(H,26,30)/p+1. The number of fused-ring (bicyclic) bond motifs is 1. The summed E-state index contributed by atoms with van der Waals surface area (Å²) in [7, 11) is 0. The summed E-state index contributed by atoms with van der Waals surface area (Å²) in [5.74, 6) is -0.000679. The van der Waals surface area contributed by atoms with Crippen molar-refractivity contribution in [3.8, 4) is 0 Å². The first-order valence-electron chi connectivity index (χ1n) is 11.2. The highest BCUT2D eigenvalue weighted by molar-refractivity contribution is 6.04. The van der Waals surface area contributed by atoms with Gasteiger partial charge in [-0.2, -0.15) is 5.10 Å². The molecule has 1 fully saturated rings. The second-order valence-corrected chi connectivity index (χ2v) is 8.86.